The molecule has 0 amide bonds. The first-order valence-electron chi connectivity index (χ1n) is 6.01. The summed E-state index contributed by atoms with van der Waals surface area (Å²) in [6.07, 6.45) is 5.22. The van der Waals surface area contributed by atoms with E-state index >= 15 is 0 Å². The van der Waals surface area contributed by atoms with E-state index in [1.54, 1.807) is 0 Å². The molecule has 0 radical (unpaired) electrons. The van der Waals surface area contributed by atoms with Gasteiger partial charge in [-0.3, -0.25) is 9.69 Å². The molecular weight excluding hydrogens is 190 g/mol. The van der Waals surface area contributed by atoms with Crippen molar-refractivity contribution < 1.29 is 9.90 Å². The maximum absolute atomic E-state index is 11.4. The molecule has 1 N–H and O–H groups in total. The van der Waals surface area contributed by atoms with E-state index in [1.165, 1.54) is 19.3 Å². The highest BCUT2D eigenvalue weighted by molar-refractivity contribution is 5.78. The van der Waals surface area contributed by atoms with Crippen LogP contribution in [-0.2, 0) is 4.79 Å². The van der Waals surface area contributed by atoms with E-state index in [0.717, 1.165) is 12.5 Å². The number of carboxylic acid groups (broad SMARTS) is 1. The summed E-state index contributed by atoms with van der Waals surface area (Å²) in [5, 5.41) is 9.36. The minimum atomic E-state index is -0.672. The number of rotatable bonds is 6. The largest absolute Gasteiger partial charge is 0.480 e. The van der Waals surface area contributed by atoms with Crippen LogP contribution in [0.1, 0.15) is 46.0 Å². The molecule has 0 heterocycles. The van der Waals surface area contributed by atoms with Gasteiger partial charge in [0.05, 0.1) is 0 Å². The molecule has 88 valence electrons. The van der Waals surface area contributed by atoms with Gasteiger partial charge in [0.15, 0.2) is 0 Å². The van der Waals surface area contributed by atoms with Gasteiger partial charge in [0.2, 0.25) is 0 Å². The minimum absolute atomic E-state index is 0.643. The Kier molecular flexibility index (Phi) is 4.14. The maximum Gasteiger partial charge on any atom is 0.324 e. The Morgan fingerprint density at radius 1 is 1.40 bits per heavy atom. The molecule has 1 fully saturated rings. The van der Waals surface area contributed by atoms with Crippen LogP contribution >= 0.6 is 0 Å². The molecule has 0 aliphatic heterocycles. The fourth-order valence-electron chi connectivity index (χ4n) is 2.49. The van der Waals surface area contributed by atoms with E-state index in [0.29, 0.717) is 12.8 Å². The SMILES string of the molecule is CCC(CC)(C(=O)O)N(C)CC1CCC1. The van der Waals surface area contributed by atoms with Gasteiger partial charge >= 0.3 is 5.97 Å². The lowest BCUT2D eigenvalue weighted by Gasteiger charge is -2.40. The third-order valence-electron chi connectivity index (χ3n) is 4.06. The quantitative estimate of drug-likeness (QED) is 0.736. The Bertz CT molecular complexity index is 220. The van der Waals surface area contributed by atoms with Gasteiger partial charge < -0.3 is 5.11 Å². The number of likely N-dealkylation sites (N-methyl/N-ethyl adjacent to an activating group) is 1. The summed E-state index contributed by atoms with van der Waals surface area (Å²) >= 11 is 0. The number of carbonyl (C=O) groups is 1. The van der Waals surface area contributed by atoms with E-state index in [1.807, 2.05) is 20.9 Å². The number of carboxylic acids is 1. The van der Waals surface area contributed by atoms with Gasteiger partial charge in [-0.15, -0.1) is 0 Å². The molecule has 0 spiro atoms. The van der Waals surface area contributed by atoms with Crippen molar-refractivity contribution in [3.8, 4) is 0 Å². The van der Waals surface area contributed by atoms with Crippen molar-refractivity contribution in [1.29, 1.82) is 0 Å². The Morgan fingerprint density at radius 2 is 1.93 bits per heavy atom. The predicted molar refractivity (Wildman–Crippen MR) is 60.9 cm³/mol. The lowest BCUT2D eigenvalue weighted by Crippen LogP contribution is -2.54. The number of nitrogens with zero attached hydrogens (tertiary/aromatic N) is 1. The Hall–Kier alpha value is -0.570. The summed E-state index contributed by atoms with van der Waals surface area (Å²) < 4.78 is 0. The Labute approximate surface area is 92.5 Å². The average Bonchev–Trinajstić information content (AvgIpc) is 2.14. The molecule has 0 unspecified atom stereocenters. The van der Waals surface area contributed by atoms with Crippen molar-refractivity contribution in [2.45, 2.75) is 51.5 Å². The van der Waals surface area contributed by atoms with Crippen molar-refractivity contribution in [3.63, 3.8) is 0 Å². The first-order chi connectivity index (χ1) is 7.06. The molecule has 0 atom stereocenters. The zero-order valence-corrected chi connectivity index (χ0v) is 10.1. The third kappa shape index (κ3) is 2.33. The molecule has 0 aromatic carbocycles. The van der Waals surface area contributed by atoms with Gasteiger partial charge in [0, 0.05) is 6.54 Å². The van der Waals surface area contributed by atoms with Crippen molar-refractivity contribution in [1.82, 2.24) is 4.90 Å². The zero-order valence-electron chi connectivity index (χ0n) is 10.1. The summed E-state index contributed by atoms with van der Waals surface area (Å²) in [6, 6.07) is 0. The second kappa shape index (κ2) is 4.97. The highest BCUT2D eigenvalue weighted by Crippen LogP contribution is 2.31. The van der Waals surface area contributed by atoms with E-state index < -0.39 is 11.5 Å². The molecule has 0 aromatic rings. The lowest BCUT2D eigenvalue weighted by atomic mass is 9.83. The standard InChI is InChI=1S/C12H23NO2/c1-4-12(5-2,11(14)15)13(3)9-10-7-6-8-10/h10H,4-9H2,1-3H3,(H,14,15). The van der Waals surface area contributed by atoms with Crippen molar-refractivity contribution in [3.05, 3.63) is 0 Å². The highest BCUT2D eigenvalue weighted by Gasteiger charge is 2.40. The molecule has 1 aliphatic carbocycles. The monoisotopic (exact) mass is 213 g/mol. The Morgan fingerprint density at radius 3 is 2.20 bits per heavy atom. The molecule has 1 saturated carbocycles. The molecule has 3 nitrogen and oxygen atoms in total. The van der Waals surface area contributed by atoms with Crippen LogP contribution < -0.4 is 0 Å². The molecule has 15 heavy (non-hydrogen) atoms. The molecular formula is C12H23NO2. The van der Waals surface area contributed by atoms with Crippen LogP contribution in [0.5, 0.6) is 0 Å². The molecule has 0 bridgehead atoms. The van der Waals surface area contributed by atoms with Gasteiger partial charge in [-0.05, 0) is 38.6 Å². The maximum atomic E-state index is 11.4. The summed E-state index contributed by atoms with van der Waals surface area (Å²) in [6.45, 7) is 4.87. The summed E-state index contributed by atoms with van der Waals surface area (Å²) in [5.41, 5.74) is -0.643. The number of hydrogen-bond acceptors (Lipinski definition) is 2. The van der Waals surface area contributed by atoms with Crippen LogP contribution in [0.3, 0.4) is 0 Å². The molecule has 3 heteroatoms. The third-order valence-corrected chi connectivity index (χ3v) is 4.06. The second-order valence-corrected chi connectivity index (χ2v) is 4.72. The van der Waals surface area contributed by atoms with E-state index in [-0.39, 0.29) is 0 Å². The molecule has 0 saturated heterocycles. The number of hydrogen-bond donors (Lipinski definition) is 1. The fraction of sp³-hybridized carbons (Fsp3) is 0.917. The summed E-state index contributed by atoms with van der Waals surface area (Å²) in [4.78, 5) is 13.4. The smallest absolute Gasteiger partial charge is 0.324 e. The van der Waals surface area contributed by atoms with Crippen molar-refractivity contribution in [2.75, 3.05) is 13.6 Å². The second-order valence-electron chi connectivity index (χ2n) is 4.72. The first kappa shape index (κ1) is 12.5. The van der Waals surface area contributed by atoms with Crippen LogP contribution in [0.25, 0.3) is 0 Å². The minimum Gasteiger partial charge on any atom is -0.480 e. The van der Waals surface area contributed by atoms with E-state index in [2.05, 4.69) is 4.90 Å². The zero-order chi connectivity index (χ0) is 11.5. The van der Waals surface area contributed by atoms with Crippen LogP contribution in [0.4, 0.5) is 0 Å². The molecule has 1 aliphatic rings. The topological polar surface area (TPSA) is 40.5 Å². The summed E-state index contributed by atoms with van der Waals surface area (Å²) in [7, 11) is 1.96. The molecule has 1 rings (SSSR count). The van der Waals surface area contributed by atoms with Crippen LogP contribution in [0.15, 0.2) is 0 Å². The van der Waals surface area contributed by atoms with Crippen LogP contribution in [0.2, 0.25) is 0 Å². The normalized spacial score (nSPS) is 17.9. The average molecular weight is 213 g/mol. The van der Waals surface area contributed by atoms with Gasteiger partial charge in [-0.1, -0.05) is 20.3 Å². The molecule has 0 aromatic heterocycles. The van der Waals surface area contributed by atoms with Gasteiger partial charge in [-0.25, -0.2) is 0 Å². The van der Waals surface area contributed by atoms with Crippen LogP contribution in [0, 0.1) is 5.92 Å². The number of aliphatic carboxylic acids is 1. The lowest BCUT2D eigenvalue weighted by molar-refractivity contribution is -0.152. The van der Waals surface area contributed by atoms with Crippen molar-refractivity contribution >= 4 is 5.97 Å². The Balaban J connectivity index is 2.64. The van der Waals surface area contributed by atoms with Gasteiger partial charge in [0.25, 0.3) is 0 Å². The van der Waals surface area contributed by atoms with Crippen molar-refractivity contribution in [2.24, 2.45) is 5.92 Å². The van der Waals surface area contributed by atoms with Crippen LogP contribution in [-0.4, -0.2) is 35.1 Å². The fourth-order valence-corrected chi connectivity index (χ4v) is 2.49. The first-order valence-corrected chi connectivity index (χ1v) is 6.01. The van der Waals surface area contributed by atoms with Gasteiger partial charge in [0.1, 0.15) is 5.54 Å². The highest BCUT2D eigenvalue weighted by atomic mass is 16.4. The van der Waals surface area contributed by atoms with Gasteiger partial charge in [-0.2, -0.15) is 0 Å². The predicted octanol–water partition coefficient (Wildman–Crippen LogP) is 2.36. The summed E-state index contributed by atoms with van der Waals surface area (Å²) in [5.74, 6) is 0.0566. The van der Waals surface area contributed by atoms with E-state index in [4.69, 9.17) is 0 Å². The van der Waals surface area contributed by atoms with E-state index in [9.17, 15) is 9.90 Å².